The minimum atomic E-state index is -0.941. The van der Waals surface area contributed by atoms with Crippen molar-refractivity contribution in [3.8, 4) is 0 Å². The fraction of sp³-hybridized carbons (Fsp3) is 0.250. The molecular weight excluding hydrogens is 240 g/mol. The Bertz CT molecular complexity index is 618. The topological polar surface area (TPSA) is 52.9 Å². The number of halogens is 2. The fourth-order valence-electron chi connectivity index (χ4n) is 1.71. The molecule has 1 heterocycles. The van der Waals surface area contributed by atoms with Crippen molar-refractivity contribution in [3.05, 3.63) is 58.3 Å². The summed E-state index contributed by atoms with van der Waals surface area (Å²) in [7, 11) is 1.63. The molecule has 2 aromatic rings. The van der Waals surface area contributed by atoms with Crippen LogP contribution in [0.25, 0.3) is 0 Å². The number of benzene rings is 1. The molecule has 0 amide bonds. The third-order valence-electron chi connectivity index (χ3n) is 2.78. The molecule has 0 bridgehead atoms. The van der Waals surface area contributed by atoms with E-state index in [1.807, 2.05) is 0 Å². The van der Waals surface area contributed by atoms with Crippen LogP contribution in [0.5, 0.6) is 0 Å². The molecule has 4 nitrogen and oxygen atoms in total. The van der Waals surface area contributed by atoms with Gasteiger partial charge in [0.05, 0.1) is 0 Å². The van der Waals surface area contributed by atoms with E-state index in [1.165, 1.54) is 15.2 Å². The first-order valence-corrected chi connectivity index (χ1v) is 5.41. The quantitative estimate of drug-likeness (QED) is 0.892. The minimum Gasteiger partial charge on any atom is -0.322 e. The van der Waals surface area contributed by atoms with E-state index in [1.54, 1.807) is 19.4 Å². The number of aromatic nitrogens is 2. The summed E-state index contributed by atoms with van der Waals surface area (Å²) in [6.45, 7) is 0.213. The molecule has 0 radical (unpaired) electrons. The third-order valence-corrected chi connectivity index (χ3v) is 2.78. The molecule has 0 aliphatic rings. The summed E-state index contributed by atoms with van der Waals surface area (Å²) >= 11 is 0. The first-order valence-electron chi connectivity index (χ1n) is 5.41. The summed E-state index contributed by atoms with van der Waals surface area (Å²) in [4.78, 5) is 11.6. The lowest BCUT2D eigenvalue weighted by Crippen LogP contribution is -2.27. The predicted molar refractivity (Wildman–Crippen MR) is 63.0 cm³/mol. The van der Waals surface area contributed by atoms with Gasteiger partial charge in [0.15, 0.2) is 11.6 Å². The van der Waals surface area contributed by atoms with Crippen LogP contribution < -0.4 is 11.4 Å². The van der Waals surface area contributed by atoms with Gasteiger partial charge in [-0.1, -0.05) is 6.07 Å². The average molecular weight is 253 g/mol. The molecule has 0 spiro atoms. The van der Waals surface area contributed by atoms with E-state index in [9.17, 15) is 13.6 Å². The highest BCUT2D eigenvalue weighted by Crippen LogP contribution is 2.15. The second-order valence-electron chi connectivity index (χ2n) is 4.12. The molecule has 1 aromatic heterocycles. The van der Waals surface area contributed by atoms with Gasteiger partial charge in [0.2, 0.25) is 0 Å². The number of nitrogens with zero attached hydrogens (tertiary/aromatic N) is 2. The summed E-state index contributed by atoms with van der Waals surface area (Å²) in [5.74, 6) is -1.86. The molecule has 2 N–H and O–H groups in total. The molecule has 1 atom stereocenters. The van der Waals surface area contributed by atoms with Crippen molar-refractivity contribution < 1.29 is 8.78 Å². The van der Waals surface area contributed by atoms with Crippen molar-refractivity contribution in [1.29, 1.82) is 0 Å². The van der Waals surface area contributed by atoms with E-state index in [0.717, 1.165) is 12.1 Å². The third kappa shape index (κ3) is 2.33. The van der Waals surface area contributed by atoms with E-state index in [0.29, 0.717) is 5.56 Å². The lowest BCUT2D eigenvalue weighted by molar-refractivity contribution is 0.499. The number of nitrogens with two attached hydrogens (primary N) is 1. The van der Waals surface area contributed by atoms with Gasteiger partial charge < -0.3 is 10.3 Å². The number of imidazole rings is 1. The van der Waals surface area contributed by atoms with Gasteiger partial charge in [-0.05, 0) is 17.7 Å². The molecule has 0 aliphatic heterocycles. The second-order valence-corrected chi connectivity index (χ2v) is 4.12. The predicted octanol–water partition coefficient (Wildman–Crippen LogP) is 1.16. The Hall–Kier alpha value is -1.95. The van der Waals surface area contributed by atoms with Crippen LogP contribution >= 0.6 is 0 Å². The monoisotopic (exact) mass is 253 g/mol. The molecule has 6 heteroatoms. The summed E-state index contributed by atoms with van der Waals surface area (Å²) in [6.07, 6.45) is 3.21. The normalized spacial score (nSPS) is 12.7. The lowest BCUT2D eigenvalue weighted by Gasteiger charge is -2.12. The zero-order chi connectivity index (χ0) is 13.3. The number of aryl methyl sites for hydroxylation is 1. The molecule has 1 aromatic carbocycles. The average Bonchev–Trinajstić information content (AvgIpc) is 2.64. The van der Waals surface area contributed by atoms with Crippen LogP contribution in [0.1, 0.15) is 11.6 Å². The van der Waals surface area contributed by atoms with Gasteiger partial charge in [0.25, 0.3) is 0 Å². The Morgan fingerprint density at radius 2 is 2.00 bits per heavy atom. The standard InChI is InChI=1S/C12H13F2N3O/c1-16-4-5-17(12(16)18)7-11(15)8-2-3-9(13)10(14)6-8/h2-6,11H,7,15H2,1H3. The van der Waals surface area contributed by atoms with Crippen molar-refractivity contribution in [3.63, 3.8) is 0 Å². The van der Waals surface area contributed by atoms with Crippen molar-refractivity contribution >= 4 is 0 Å². The Morgan fingerprint density at radius 1 is 1.28 bits per heavy atom. The van der Waals surface area contributed by atoms with E-state index >= 15 is 0 Å². The van der Waals surface area contributed by atoms with Gasteiger partial charge in [-0.25, -0.2) is 13.6 Å². The first-order chi connectivity index (χ1) is 8.49. The van der Waals surface area contributed by atoms with Crippen molar-refractivity contribution in [2.24, 2.45) is 12.8 Å². The number of hydrogen-bond acceptors (Lipinski definition) is 2. The SMILES string of the molecule is Cn1ccn(CC(N)c2ccc(F)c(F)c2)c1=O. The summed E-state index contributed by atoms with van der Waals surface area (Å²) in [6, 6.07) is 2.92. The molecule has 0 saturated carbocycles. The lowest BCUT2D eigenvalue weighted by atomic mass is 10.1. The maximum atomic E-state index is 13.1. The second kappa shape index (κ2) is 4.73. The van der Waals surface area contributed by atoms with Crippen LogP contribution in [0, 0.1) is 11.6 Å². The Morgan fingerprint density at radius 3 is 2.56 bits per heavy atom. The smallest absolute Gasteiger partial charge is 0.322 e. The molecule has 0 saturated heterocycles. The molecule has 1 unspecified atom stereocenters. The van der Waals surface area contributed by atoms with Crippen LogP contribution in [0.3, 0.4) is 0 Å². The van der Waals surface area contributed by atoms with Gasteiger partial charge in [-0.15, -0.1) is 0 Å². The van der Waals surface area contributed by atoms with Crippen molar-refractivity contribution in [2.75, 3.05) is 0 Å². The highest BCUT2D eigenvalue weighted by atomic mass is 19.2. The number of hydrogen-bond donors (Lipinski definition) is 1. The molecular formula is C12H13F2N3O. The van der Waals surface area contributed by atoms with Gasteiger partial charge in [-0.3, -0.25) is 4.57 Å². The first kappa shape index (κ1) is 12.5. The van der Waals surface area contributed by atoms with E-state index < -0.39 is 17.7 Å². The summed E-state index contributed by atoms with van der Waals surface area (Å²) < 4.78 is 28.7. The maximum absolute atomic E-state index is 13.1. The molecule has 0 aliphatic carbocycles. The van der Waals surface area contributed by atoms with Crippen LogP contribution in [0.2, 0.25) is 0 Å². The highest BCUT2D eigenvalue weighted by Gasteiger charge is 2.11. The highest BCUT2D eigenvalue weighted by molar-refractivity contribution is 5.20. The van der Waals surface area contributed by atoms with E-state index in [4.69, 9.17) is 5.73 Å². The zero-order valence-corrected chi connectivity index (χ0v) is 9.81. The summed E-state index contributed by atoms with van der Waals surface area (Å²) in [5, 5.41) is 0. The van der Waals surface area contributed by atoms with Gasteiger partial charge in [0, 0.05) is 32.0 Å². The summed E-state index contributed by atoms with van der Waals surface area (Å²) in [5.41, 5.74) is 6.11. The van der Waals surface area contributed by atoms with Crippen LogP contribution in [0.4, 0.5) is 8.78 Å². The molecule has 2 rings (SSSR count). The van der Waals surface area contributed by atoms with Gasteiger partial charge >= 0.3 is 5.69 Å². The Labute approximate surface area is 102 Å². The minimum absolute atomic E-state index is 0.201. The molecule has 96 valence electrons. The van der Waals surface area contributed by atoms with Gasteiger partial charge in [0.1, 0.15) is 0 Å². The van der Waals surface area contributed by atoms with Crippen LogP contribution in [-0.2, 0) is 13.6 Å². The van der Waals surface area contributed by atoms with Crippen LogP contribution in [0.15, 0.2) is 35.4 Å². The van der Waals surface area contributed by atoms with Crippen LogP contribution in [-0.4, -0.2) is 9.13 Å². The fourth-order valence-corrected chi connectivity index (χ4v) is 1.71. The largest absolute Gasteiger partial charge is 0.327 e. The zero-order valence-electron chi connectivity index (χ0n) is 9.81. The van der Waals surface area contributed by atoms with Crippen molar-refractivity contribution in [2.45, 2.75) is 12.6 Å². The number of rotatable bonds is 3. The van der Waals surface area contributed by atoms with Crippen molar-refractivity contribution in [1.82, 2.24) is 9.13 Å². The molecule has 18 heavy (non-hydrogen) atoms. The Kier molecular flexibility index (Phi) is 3.29. The maximum Gasteiger partial charge on any atom is 0.327 e. The van der Waals surface area contributed by atoms with Gasteiger partial charge in [-0.2, -0.15) is 0 Å². The molecule has 0 fully saturated rings. The van der Waals surface area contributed by atoms with E-state index in [-0.39, 0.29) is 12.2 Å². The van der Waals surface area contributed by atoms with E-state index in [2.05, 4.69) is 0 Å². The Balaban J connectivity index is 2.21.